The van der Waals surface area contributed by atoms with Gasteiger partial charge in [-0.2, -0.15) is 0 Å². The normalized spacial score (nSPS) is 25.7. The van der Waals surface area contributed by atoms with Crippen molar-refractivity contribution >= 4 is 5.91 Å². The standard InChI is InChI=1S/C18H30N2O3/c1-5-8-18(13-21)12-19(9-7-15(18)22)16(23)14-6-10-20(11-14)17(2,3)4/h6,10-11,15,21-22H,5,7-9,12-13H2,1-4H3/t15-,18-/m0/s1. The Bertz CT molecular complexity index is 547. The average Bonchev–Trinajstić information content (AvgIpc) is 2.99. The van der Waals surface area contributed by atoms with Crippen molar-refractivity contribution in [2.45, 2.75) is 58.6 Å². The summed E-state index contributed by atoms with van der Waals surface area (Å²) in [5.41, 5.74) is 0.0165. The Labute approximate surface area is 138 Å². The Hall–Kier alpha value is -1.33. The maximum Gasteiger partial charge on any atom is 0.255 e. The van der Waals surface area contributed by atoms with Crippen molar-refractivity contribution in [2.75, 3.05) is 19.7 Å². The van der Waals surface area contributed by atoms with Gasteiger partial charge in [0.1, 0.15) is 0 Å². The van der Waals surface area contributed by atoms with Crippen molar-refractivity contribution in [2.24, 2.45) is 5.41 Å². The molecule has 1 saturated heterocycles. The third-order valence-electron chi connectivity index (χ3n) is 4.95. The van der Waals surface area contributed by atoms with Crippen LogP contribution in [0.25, 0.3) is 0 Å². The Morgan fingerprint density at radius 1 is 1.43 bits per heavy atom. The van der Waals surface area contributed by atoms with Gasteiger partial charge in [-0.05, 0) is 39.7 Å². The third-order valence-corrected chi connectivity index (χ3v) is 4.95. The molecule has 1 fully saturated rings. The molecule has 0 aromatic carbocycles. The molecule has 5 heteroatoms. The molecule has 2 atom stereocenters. The second-order valence-corrected chi connectivity index (χ2v) is 7.78. The molecular weight excluding hydrogens is 292 g/mol. The molecule has 2 N–H and O–H groups in total. The number of likely N-dealkylation sites (tertiary alicyclic amines) is 1. The van der Waals surface area contributed by atoms with Gasteiger partial charge in [0.2, 0.25) is 0 Å². The Kier molecular flexibility index (Phi) is 5.21. The van der Waals surface area contributed by atoms with Crippen LogP contribution in [-0.4, -0.2) is 51.4 Å². The fourth-order valence-electron chi connectivity index (χ4n) is 3.42. The molecule has 130 valence electrons. The minimum atomic E-state index is -0.588. The van der Waals surface area contributed by atoms with Crippen LogP contribution in [0, 0.1) is 5.41 Å². The average molecular weight is 322 g/mol. The van der Waals surface area contributed by atoms with Crippen LogP contribution in [0.15, 0.2) is 18.5 Å². The number of amides is 1. The number of nitrogens with zero attached hydrogens (tertiary/aromatic N) is 2. The monoisotopic (exact) mass is 322 g/mol. The lowest BCUT2D eigenvalue weighted by Gasteiger charge is -2.45. The Morgan fingerprint density at radius 3 is 2.65 bits per heavy atom. The molecule has 23 heavy (non-hydrogen) atoms. The van der Waals surface area contributed by atoms with Crippen molar-refractivity contribution in [1.29, 1.82) is 0 Å². The molecule has 1 amide bonds. The maximum absolute atomic E-state index is 12.8. The highest BCUT2D eigenvalue weighted by molar-refractivity contribution is 5.94. The summed E-state index contributed by atoms with van der Waals surface area (Å²) < 4.78 is 2.03. The molecule has 1 aliphatic heterocycles. The van der Waals surface area contributed by atoms with Gasteiger partial charge in [-0.25, -0.2) is 0 Å². The molecule has 0 spiro atoms. The molecule has 0 unspecified atom stereocenters. The van der Waals surface area contributed by atoms with Gasteiger partial charge in [0.15, 0.2) is 0 Å². The van der Waals surface area contributed by atoms with Crippen molar-refractivity contribution in [3.05, 3.63) is 24.0 Å². The van der Waals surface area contributed by atoms with E-state index in [-0.39, 0.29) is 18.1 Å². The number of hydrogen-bond donors (Lipinski definition) is 2. The fourth-order valence-corrected chi connectivity index (χ4v) is 3.42. The molecule has 1 aliphatic rings. The van der Waals surface area contributed by atoms with E-state index < -0.39 is 11.5 Å². The van der Waals surface area contributed by atoms with E-state index in [4.69, 9.17) is 0 Å². The molecule has 0 radical (unpaired) electrons. The van der Waals surface area contributed by atoms with Gasteiger partial charge >= 0.3 is 0 Å². The smallest absolute Gasteiger partial charge is 0.255 e. The predicted molar refractivity (Wildman–Crippen MR) is 90.4 cm³/mol. The summed E-state index contributed by atoms with van der Waals surface area (Å²) in [6.45, 7) is 9.18. The van der Waals surface area contributed by atoms with Crippen LogP contribution in [0.3, 0.4) is 0 Å². The first-order valence-electron chi connectivity index (χ1n) is 8.50. The van der Waals surface area contributed by atoms with Gasteiger partial charge in [-0.1, -0.05) is 13.3 Å². The lowest BCUT2D eigenvalue weighted by atomic mass is 9.74. The summed E-state index contributed by atoms with van der Waals surface area (Å²) >= 11 is 0. The van der Waals surface area contributed by atoms with E-state index >= 15 is 0 Å². The van der Waals surface area contributed by atoms with Crippen LogP contribution < -0.4 is 0 Å². The largest absolute Gasteiger partial charge is 0.396 e. The quantitative estimate of drug-likeness (QED) is 0.893. The number of aromatic nitrogens is 1. The van der Waals surface area contributed by atoms with E-state index in [2.05, 4.69) is 20.8 Å². The summed E-state index contributed by atoms with van der Waals surface area (Å²) in [4.78, 5) is 14.6. The predicted octanol–water partition coefficient (Wildman–Crippen LogP) is 2.23. The highest BCUT2D eigenvalue weighted by Gasteiger charge is 2.43. The number of rotatable bonds is 4. The van der Waals surface area contributed by atoms with Gasteiger partial charge in [-0.15, -0.1) is 0 Å². The SMILES string of the molecule is CCC[C@@]1(CO)CN(C(=O)c2ccn(C(C)(C)C)c2)CC[C@@H]1O. The van der Waals surface area contributed by atoms with E-state index in [1.165, 1.54) is 0 Å². The number of aliphatic hydroxyl groups excluding tert-OH is 2. The molecule has 0 saturated carbocycles. The first-order chi connectivity index (χ1) is 10.7. The molecular formula is C18H30N2O3. The fraction of sp³-hybridized carbons (Fsp3) is 0.722. The van der Waals surface area contributed by atoms with Gasteiger partial charge in [0.05, 0.1) is 18.3 Å². The topological polar surface area (TPSA) is 65.7 Å². The first kappa shape index (κ1) is 18.0. The molecule has 1 aromatic heterocycles. The summed E-state index contributed by atoms with van der Waals surface area (Å²) in [6.07, 6.45) is 5.38. The number of aliphatic hydroxyl groups is 2. The first-order valence-corrected chi connectivity index (χ1v) is 8.50. The van der Waals surface area contributed by atoms with E-state index in [9.17, 15) is 15.0 Å². The van der Waals surface area contributed by atoms with Crippen molar-refractivity contribution in [3.8, 4) is 0 Å². The van der Waals surface area contributed by atoms with Crippen molar-refractivity contribution < 1.29 is 15.0 Å². The van der Waals surface area contributed by atoms with Gasteiger partial charge in [0, 0.05) is 36.4 Å². The molecule has 2 heterocycles. The highest BCUT2D eigenvalue weighted by Crippen LogP contribution is 2.35. The van der Waals surface area contributed by atoms with Gasteiger partial charge in [-0.3, -0.25) is 4.79 Å². The zero-order valence-electron chi connectivity index (χ0n) is 14.7. The van der Waals surface area contributed by atoms with Crippen molar-refractivity contribution in [3.63, 3.8) is 0 Å². The van der Waals surface area contributed by atoms with Crippen LogP contribution in [0.1, 0.15) is 57.3 Å². The Morgan fingerprint density at radius 2 is 2.13 bits per heavy atom. The zero-order chi connectivity index (χ0) is 17.3. The summed E-state index contributed by atoms with van der Waals surface area (Å²) in [7, 11) is 0. The second kappa shape index (κ2) is 6.65. The molecule has 5 nitrogen and oxygen atoms in total. The molecule has 2 rings (SSSR count). The highest BCUT2D eigenvalue weighted by atomic mass is 16.3. The minimum Gasteiger partial charge on any atom is -0.396 e. The van der Waals surface area contributed by atoms with Crippen LogP contribution in [0.5, 0.6) is 0 Å². The number of carbonyl (C=O) groups excluding carboxylic acids is 1. The van der Waals surface area contributed by atoms with Crippen LogP contribution in [0.4, 0.5) is 0 Å². The Balaban J connectivity index is 2.18. The lowest BCUT2D eigenvalue weighted by Crippen LogP contribution is -2.55. The van der Waals surface area contributed by atoms with Crippen LogP contribution >= 0.6 is 0 Å². The molecule has 0 bridgehead atoms. The van der Waals surface area contributed by atoms with E-state index in [0.29, 0.717) is 25.1 Å². The number of hydrogen-bond acceptors (Lipinski definition) is 3. The number of carbonyl (C=O) groups is 1. The van der Waals surface area contributed by atoms with Gasteiger partial charge < -0.3 is 19.7 Å². The lowest BCUT2D eigenvalue weighted by molar-refractivity contribution is -0.0720. The van der Waals surface area contributed by atoms with Crippen LogP contribution in [0.2, 0.25) is 0 Å². The van der Waals surface area contributed by atoms with Gasteiger partial charge in [0.25, 0.3) is 5.91 Å². The molecule has 1 aromatic rings. The summed E-state index contributed by atoms with van der Waals surface area (Å²) in [5, 5.41) is 20.2. The number of piperidine rings is 1. The maximum atomic E-state index is 12.8. The third kappa shape index (κ3) is 3.61. The minimum absolute atomic E-state index is 0.0196. The second-order valence-electron chi connectivity index (χ2n) is 7.78. The summed E-state index contributed by atoms with van der Waals surface area (Å²) in [6, 6.07) is 1.85. The van der Waals surface area contributed by atoms with E-state index in [1.54, 1.807) is 4.90 Å². The van der Waals surface area contributed by atoms with E-state index in [1.807, 2.05) is 30.0 Å². The van der Waals surface area contributed by atoms with Crippen LogP contribution in [-0.2, 0) is 5.54 Å². The molecule has 0 aliphatic carbocycles. The zero-order valence-corrected chi connectivity index (χ0v) is 14.7. The van der Waals surface area contributed by atoms with E-state index in [0.717, 1.165) is 12.8 Å². The summed E-state index contributed by atoms with van der Waals surface area (Å²) in [5.74, 6) is -0.0196. The van der Waals surface area contributed by atoms with Crippen molar-refractivity contribution in [1.82, 2.24) is 9.47 Å².